The van der Waals surface area contributed by atoms with Gasteiger partial charge in [0.05, 0.1) is 18.2 Å². The average Bonchev–Trinajstić information content (AvgIpc) is 2.70. The van der Waals surface area contributed by atoms with Crippen LogP contribution >= 0.6 is 0 Å². The topological polar surface area (TPSA) is 79.3 Å². The van der Waals surface area contributed by atoms with Gasteiger partial charge >= 0.3 is 5.97 Å². The number of carbonyl (C=O) groups excluding carboxylic acids is 3. The number of amides is 2. The summed E-state index contributed by atoms with van der Waals surface area (Å²) in [5, 5.41) is 5.68. The lowest BCUT2D eigenvalue weighted by Gasteiger charge is -2.33. The Balaban J connectivity index is 1.65. The van der Waals surface area contributed by atoms with E-state index in [0.29, 0.717) is 32.5 Å². The number of piperidine rings is 1. The number of likely N-dealkylation sites (tertiary alicyclic amines) is 1. The SMILES string of the molecule is CCOC(=O)C1CCCN(C(=O)CN2N=C(c3ccccc3)CCC2=O)C1. The van der Waals surface area contributed by atoms with E-state index < -0.39 is 0 Å². The number of esters is 1. The molecule has 0 radical (unpaired) electrons. The average molecular weight is 371 g/mol. The van der Waals surface area contributed by atoms with Crippen LogP contribution in [0.2, 0.25) is 0 Å². The fraction of sp³-hybridized carbons (Fsp3) is 0.500. The number of carbonyl (C=O) groups is 3. The molecule has 0 aromatic heterocycles. The Morgan fingerprint density at radius 2 is 2.00 bits per heavy atom. The van der Waals surface area contributed by atoms with Crippen molar-refractivity contribution in [3.8, 4) is 0 Å². The molecule has 0 spiro atoms. The van der Waals surface area contributed by atoms with Crippen LogP contribution in [0.25, 0.3) is 0 Å². The lowest BCUT2D eigenvalue weighted by molar-refractivity contribution is -0.152. The molecule has 1 aromatic carbocycles. The Labute approximate surface area is 159 Å². The van der Waals surface area contributed by atoms with Gasteiger partial charge in [-0.2, -0.15) is 5.10 Å². The summed E-state index contributed by atoms with van der Waals surface area (Å²) >= 11 is 0. The van der Waals surface area contributed by atoms with Crippen LogP contribution in [-0.4, -0.2) is 59.6 Å². The Morgan fingerprint density at radius 3 is 2.74 bits per heavy atom. The summed E-state index contributed by atoms with van der Waals surface area (Å²) < 4.78 is 5.08. The third-order valence-corrected chi connectivity index (χ3v) is 4.89. The summed E-state index contributed by atoms with van der Waals surface area (Å²) in [7, 11) is 0. The zero-order valence-corrected chi connectivity index (χ0v) is 15.6. The van der Waals surface area contributed by atoms with Crippen LogP contribution in [0.5, 0.6) is 0 Å². The van der Waals surface area contributed by atoms with Gasteiger partial charge in [-0.15, -0.1) is 0 Å². The van der Waals surface area contributed by atoms with Crippen LogP contribution in [0.1, 0.15) is 38.2 Å². The van der Waals surface area contributed by atoms with Crippen molar-refractivity contribution in [3.63, 3.8) is 0 Å². The molecule has 1 saturated heterocycles. The molecule has 3 rings (SSSR count). The summed E-state index contributed by atoms with van der Waals surface area (Å²) in [6, 6.07) is 9.67. The van der Waals surface area contributed by atoms with Gasteiger partial charge in [0.15, 0.2) is 0 Å². The third kappa shape index (κ3) is 4.72. The van der Waals surface area contributed by atoms with Crippen LogP contribution < -0.4 is 0 Å². The highest BCUT2D eigenvalue weighted by molar-refractivity contribution is 6.04. The van der Waals surface area contributed by atoms with Crippen molar-refractivity contribution < 1.29 is 19.1 Å². The zero-order chi connectivity index (χ0) is 19.2. The minimum Gasteiger partial charge on any atom is -0.466 e. The van der Waals surface area contributed by atoms with E-state index in [9.17, 15) is 14.4 Å². The van der Waals surface area contributed by atoms with E-state index in [1.807, 2.05) is 30.3 Å². The van der Waals surface area contributed by atoms with Gasteiger partial charge in [-0.05, 0) is 25.3 Å². The minimum atomic E-state index is -0.289. The Morgan fingerprint density at radius 1 is 1.22 bits per heavy atom. The van der Waals surface area contributed by atoms with Gasteiger partial charge in [0, 0.05) is 25.9 Å². The molecule has 1 aromatic rings. The quantitative estimate of drug-likeness (QED) is 0.740. The standard InChI is InChI=1S/C20H25N3O4/c1-2-27-20(26)16-9-6-12-22(13-16)19(25)14-23-18(24)11-10-17(21-23)15-7-4-3-5-8-15/h3-5,7-8,16H,2,6,9-14H2,1H3. The summed E-state index contributed by atoms with van der Waals surface area (Å²) in [6.07, 6.45) is 2.39. The highest BCUT2D eigenvalue weighted by Crippen LogP contribution is 2.20. The van der Waals surface area contributed by atoms with Crippen LogP contribution in [0, 0.1) is 5.92 Å². The van der Waals surface area contributed by atoms with Crippen LogP contribution in [0.3, 0.4) is 0 Å². The van der Waals surface area contributed by atoms with Crippen molar-refractivity contribution in [3.05, 3.63) is 35.9 Å². The fourth-order valence-corrected chi connectivity index (χ4v) is 3.45. The number of nitrogens with zero attached hydrogens (tertiary/aromatic N) is 3. The molecule has 2 heterocycles. The molecular formula is C20H25N3O4. The number of hydrazone groups is 1. The van der Waals surface area contributed by atoms with E-state index >= 15 is 0 Å². The van der Waals surface area contributed by atoms with Crippen LogP contribution in [0.15, 0.2) is 35.4 Å². The van der Waals surface area contributed by atoms with Gasteiger partial charge in [0.2, 0.25) is 11.8 Å². The molecule has 0 saturated carbocycles. The molecule has 0 N–H and O–H groups in total. The van der Waals surface area contributed by atoms with Crippen molar-refractivity contribution in [2.45, 2.75) is 32.6 Å². The monoisotopic (exact) mass is 371 g/mol. The number of hydrogen-bond acceptors (Lipinski definition) is 5. The molecule has 0 bridgehead atoms. The maximum Gasteiger partial charge on any atom is 0.310 e. The van der Waals surface area contributed by atoms with Gasteiger partial charge in [0.1, 0.15) is 6.54 Å². The second kappa shape index (κ2) is 8.79. The van der Waals surface area contributed by atoms with Crippen LogP contribution in [-0.2, 0) is 19.1 Å². The first-order valence-corrected chi connectivity index (χ1v) is 9.46. The van der Waals surface area contributed by atoms with E-state index in [1.54, 1.807) is 11.8 Å². The second-order valence-electron chi connectivity index (χ2n) is 6.80. The molecule has 1 unspecified atom stereocenters. The molecule has 1 fully saturated rings. The highest BCUT2D eigenvalue weighted by atomic mass is 16.5. The van der Waals surface area contributed by atoms with E-state index in [4.69, 9.17) is 4.74 Å². The smallest absolute Gasteiger partial charge is 0.310 e. The minimum absolute atomic E-state index is 0.0925. The normalized spacial score (nSPS) is 20.3. The summed E-state index contributed by atoms with van der Waals surface area (Å²) in [5.41, 5.74) is 1.77. The van der Waals surface area contributed by atoms with Gasteiger partial charge in [-0.3, -0.25) is 14.4 Å². The van der Waals surface area contributed by atoms with Crippen molar-refractivity contribution in [1.82, 2.24) is 9.91 Å². The highest BCUT2D eigenvalue weighted by Gasteiger charge is 2.31. The number of rotatable bonds is 5. The van der Waals surface area contributed by atoms with E-state index in [0.717, 1.165) is 24.1 Å². The predicted molar refractivity (Wildman–Crippen MR) is 99.9 cm³/mol. The molecule has 2 amide bonds. The lowest BCUT2D eigenvalue weighted by Crippen LogP contribution is -2.47. The van der Waals surface area contributed by atoms with E-state index in [2.05, 4.69) is 5.10 Å². The first-order valence-electron chi connectivity index (χ1n) is 9.46. The molecular weight excluding hydrogens is 346 g/mol. The molecule has 7 heteroatoms. The number of benzene rings is 1. The lowest BCUT2D eigenvalue weighted by atomic mass is 9.98. The third-order valence-electron chi connectivity index (χ3n) is 4.89. The summed E-state index contributed by atoms with van der Waals surface area (Å²) in [5.74, 6) is -0.881. The molecule has 0 aliphatic carbocycles. The summed E-state index contributed by atoms with van der Waals surface area (Å²) in [4.78, 5) is 38.5. The largest absolute Gasteiger partial charge is 0.466 e. The van der Waals surface area contributed by atoms with Gasteiger partial charge in [-0.25, -0.2) is 5.01 Å². The van der Waals surface area contributed by atoms with Gasteiger partial charge in [-0.1, -0.05) is 30.3 Å². The predicted octanol–water partition coefficient (Wildman–Crippen LogP) is 1.81. The van der Waals surface area contributed by atoms with Crippen molar-refractivity contribution >= 4 is 23.5 Å². The summed E-state index contributed by atoms with van der Waals surface area (Å²) in [6.45, 7) is 2.95. The first kappa shape index (κ1) is 19.1. The van der Waals surface area contributed by atoms with E-state index in [-0.39, 0.29) is 30.2 Å². The van der Waals surface area contributed by atoms with E-state index in [1.165, 1.54) is 5.01 Å². The first-order chi connectivity index (χ1) is 13.1. The molecule has 144 valence electrons. The molecule has 1 atom stereocenters. The molecule has 2 aliphatic rings. The van der Waals surface area contributed by atoms with Crippen molar-refractivity contribution in [2.24, 2.45) is 11.0 Å². The molecule has 2 aliphatic heterocycles. The molecule has 7 nitrogen and oxygen atoms in total. The van der Waals surface area contributed by atoms with Gasteiger partial charge < -0.3 is 9.64 Å². The fourth-order valence-electron chi connectivity index (χ4n) is 3.45. The second-order valence-corrected chi connectivity index (χ2v) is 6.80. The zero-order valence-electron chi connectivity index (χ0n) is 15.6. The number of ether oxygens (including phenoxy) is 1. The number of hydrogen-bond donors (Lipinski definition) is 0. The van der Waals surface area contributed by atoms with Crippen molar-refractivity contribution in [1.29, 1.82) is 0 Å². The molecule has 27 heavy (non-hydrogen) atoms. The van der Waals surface area contributed by atoms with Gasteiger partial charge in [0.25, 0.3) is 0 Å². The van der Waals surface area contributed by atoms with Crippen molar-refractivity contribution in [2.75, 3.05) is 26.2 Å². The maximum atomic E-state index is 12.7. The Kier molecular flexibility index (Phi) is 6.21. The van der Waals surface area contributed by atoms with Crippen LogP contribution in [0.4, 0.5) is 0 Å². The Bertz CT molecular complexity index is 732. The maximum absolute atomic E-state index is 12.7. The Hall–Kier alpha value is -2.70.